The molecule has 0 saturated carbocycles. The number of rotatable bonds is 6. The number of hydrogen-bond acceptors (Lipinski definition) is 4. The van der Waals surface area contributed by atoms with Crippen LogP contribution in [0.25, 0.3) is 0 Å². The maximum absolute atomic E-state index is 10.7. The second-order valence-corrected chi connectivity index (χ2v) is 4.46. The highest BCUT2D eigenvalue weighted by molar-refractivity contribution is 9.10. The third-order valence-electron chi connectivity index (χ3n) is 2.08. The van der Waals surface area contributed by atoms with Crippen molar-refractivity contribution in [1.82, 2.24) is 10.6 Å². The van der Waals surface area contributed by atoms with Crippen LogP contribution in [0.5, 0.6) is 0 Å². The fraction of sp³-hybridized carbons (Fsp3) is 0.300. The van der Waals surface area contributed by atoms with Gasteiger partial charge in [0.25, 0.3) is 5.69 Å². The van der Waals surface area contributed by atoms with Crippen LogP contribution in [0.4, 0.5) is 10.5 Å². The van der Waals surface area contributed by atoms with Gasteiger partial charge in [-0.25, -0.2) is 4.79 Å². The molecular formula is C10H13BrN4O3. The number of nitro groups is 1. The molecule has 0 saturated heterocycles. The Bertz CT molecular complexity index is 453. The SMILES string of the molecule is NC(=O)NCCNCc1cc(Br)cc([N+](=O)[O-])c1. The number of non-ortho nitro benzene ring substituents is 1. The minimum atomic E-state index is -0.574. The molecule has 0 unspecified atom stereocenters. The number of amides is 2. The molecule has 0 aromatic heterocycles. The first-order valence-electron chi connectivity index (χ1n) is 5.17. The minimum Gasteiger partial charge on any atom is -0.352 e. The first-order valence-corrected chi connectivity index (χ1v) is 5.96. The van der Waals surface area contributed by atoms with Gasteiger partial charge in [-0.3, -0.25) is 10.1 Å². The highest BCUT2D eigenvalue weighted by Crippen LogP contribution is 2.21. The Morgan fingerprint density at radius 3 is 2.72 bits per heavy atom. The van der Waals surface area contributed by atoms with Gasteiger partial charge in [-0.1, -0.05) is 15.9 Å². The van der Waals surface area contributed by atoms with Crippen LogP contribution in [-0.2, 0) is 6.54 Å². The van der Waals surface area contributed by atoms with Crippen molar-refractivity contribution in [1.29, 1.82) is 0 Å². The summed E-state index contributed by atoms with van der Waals surface area (Å²) in [5.74, 6) is 0. The number of urea groups is 1. The van der Waals surface area contributed by atoms with Gasteiger partial charge in [-0.2, -0.15) is 0 Å². The third kappa shape index (κ3) is 5.11. The second kappa shape index (κ2) is 6.92. The van der Waals surface area contributed by atoms with Gasteiger partial charge in [0.15, 0.2) is 0 Å². The van der Waals surface area contributed by atoms with E-state index >= 15 is 0 Å². The van der Waals surface area contributed by atoms with Gasteiger partial charge in [0.05, 0.1) is 4.92 Å². The fourth-order valence-electron chi connectivity index (χ4n) is 1.35. The molecule has 0 aliphatic carbocycles. The van der Waals surface area contributed by atoms with E-state index in [2.05, 4.69) is 26.6 Å². The van der Waals surface area contributed by atoms with Gasteiger partial charge in [0, 0.05) is 36.2 Å². The molecule has 0 radical (unpaired) electrons. The number of hydrogen-bond donors (Lipinski definition) is 3. The van der Waals surface area contributed by atoms with E-state index < -0.39 is 11.0 Å². The zero-order valence-electron chi connectivity index (χ0n) is 9.48. The third-order valence-corrected chi connectivity index (χ3v) is 2.54. The van der Waals surface area contributed by atoms with Crippen molar-refractivity contribution in [3.8, 4) is 0 Å². The highest BCUT2D eigenvalue weighted by atomic mass is 79.9. The summed E-state index contributed by atoms with van der Waals surface area (Å²) in [6.07, 6.45) is 0. The minimum absolute atomic E-state index is 0.0384. The maximum Gasteiger partial charge on any atom is 0.312 e. The molecular weight excluding hydrogens is 304 g/mol. The number of carbonyl (C=O) groups is 1. The topological polar surface area (TPSA) is 110 Å². The molecule has 1 aromatic carbocycles. The van der Waals surface area contributed by atoms with E-state index in [0.29, 0.717) is 24.1 Å². The summed E-state index contributed by atoms with van der Waals surface area (Å²) in [7, 11) is 0. The Morgan fingerprint density at radius 2 is 2.11 bits per heavy atom. The average Bonchev–Trinajstić information content (AvgIpc) is 2.27. The lowest BCUT2D eigenvalue weighted by atomic mass is 10.2. The largest absolute Gasteiger partial charge is 0.352 e. The second-order valence-electron chi connectivity index (χ2n) is 3.54. The van der Waals surface area contributed by atoms with Crippen molar-refractivity contribution in [2.45, 2.75) is 6.54 Å². The molecule has 0 spiro atoms. The van der Waals surface area contributed by atoms with Crippen LogP contribution in [0.3, 0.4) is 0 Å². The molecule has 1 aromatic rings. The Balaban J connectivity index is 2.47. The number of halogens is 1. The summed E-state index contributed by atoms with van der Waals surface area (Å²) in [4.78, 5) is 20.6. The van der Waals surface area contributed by atoms with Gasteiger partial charge in [-0.15, -0.1) is 0 Å². The van der Waals surface area contributed by atoms with Crippen LogP contribution >= 0.6 is 15.9 Å². The first kappa shape index (κ1) is 14.4. The summed E-state index contributed by atoms with van der Waals surface area (Å²) in [5, 5.41) is 16.1. The molecule has 4 N–H and O–H groups in total. The Hall–Kier alpha value is -1.67. The van der Waals surface area contributed by atoms with E-state index in [4.69, 9.17) is 5.73 Å². The molecule has 0 heterocycles. The average molecular weight is 317 g/mol. The number of nitrogens with two attached hydrogens (primary N) is 1. The molecule has 98 valence electrons. The highest BCUT2D eigenvalue weighted by Gasteiger charge is 2.08. The van der Waals surface area contributed by atoms with Gasteiger partial charge >= 0.3 is 6.03 Å². The number of nitrogens with zero attached hydrogens (tertiary/aromatic N) is 1. The Labute approximate surface area is 112 Å². The van der Waals surface area contributed by atoms with E-state index in [0.717, 1.165) is 5.56 Å². The van der Waals surface area contributed by atoms with Crippen LogP contribution in [0.15, 0.2) is 22.7 Å². The predicted molar refractivity (Wildman–Crippen MR) is 70.1 cm³/mol. The first-order chi connectivity index (χ1) is 8.49. The van der Waals surface area contributed by atoms with Gasteiger partial charge in [0.2, 0.25) is 0 Å². The lowest BCUT2D eigenvalue weighted by molar-refractivity contribution is -0.385. The molecule has 2 amide bonds. The molecule has 0 aliphatic heterocycles. The molecule has 7 nitrogen and oxygen atoms in total. The van der Waals surface area contributed by atoms with Crippen LogP contribution in [0.2, 0.25) is 0 Å². The summed E-state index contributed by atoms with van der Waals surface area (Å²) in [6, 6.07) is 4.16. The number of primary amides is 1. The number of nitrogens with one attached hydrogen (secondary N) is 2. The van der Waals surface area contributed by atoms with E-state index in [1.54, 1.807) is 6.07 Å². The smallest absolute Gasteiger partial charge is 0.312 e. The molecule has 1 rings (SSSR count). The van der Waals surface area contributed by atoms with Gasteiger partial charge < -0.3 is 16.4 Å². The van der Waals surface area contributed by atoms with Crippen LogP contribution < -0.4 is 16.4 Å². The van der Waals surface area contributed by atoms with Crippen molar-refractivity contribution in [3.05, 3.63) is 38.3 Å². The van der Waals surface area contributed by atoms with Crippen molar-refractivity contribution >= 4 is 27.6 Å². The predicted octanol–water partition coefficient (Wildman–Crippen LogP) is 1.12. The van der Waals surface area contributed by atoms with Gasteiger partial charge in [0.1, 0.15) is 0 Å². The van der Waals surface area contributed by atoms with E-state index in [1.807, 2.05) is 0 Å². The molecule has 18 heavy (non-hydrogen) atoms. The monoisotopic (exact) mass is 316 g/mol. The van der Waals surface area contributed by atoms with E-state index in [9.17, 15) is 14.9 Å². The van der Waals surface area contributed by atoms with Crippen molar-refractivity contribution in [2.24, 2.45) is 5.73 Å². The molecule has 8 heteroatoms. The summed E-state index contributed by atoms with van der Waals surface area (Å²) >= 11 is 3.22. The standard InChI is InChI=1S/C10H13BrN4O3/c11-8-3-7(4-9(5-8)15(17)18)6-13-1-2-14-10(12)16/h3-5,13H,1-2,6H2,(H3,12,14,16). The number of nitro benzene ring substituents is 1. The van der Waals surface area contributed by atoms with Crippen molar-refractivity contribution in [3.63, 3.8) is 0 Å². The Morgan fingerprint density at radius 1 is 1.39 bits per heavy atom. The Kier molecular flexibility index (Phi) is 5.53. The molecule has 0 bridgehead atoms. The van der Waals surface area contributed by atoms with Crippen molar-refractivity contribution < 1.29 is 9.72 Å². The van der Waals surface area contributed by atoms with Crippen LogP contribution in [0, 0.1) is 10.1 Å². The van der Waals surface area contributed by atoms with Gasteiger partial charge in [-0.05, 0) is 11.6 Å². The zero-order valence-corrected chi connectivity index (χ0v) is 11.1. The van der Waals surface area contributed by atoms with Crippen LogP contribution in [-0.4, -0.2) is 24.0 Å². The fourth-order valence-corrected chi connectivity index (χ4v) is 1.88. The summed E-state index contributed by atoms with van der Waals surface area (Å²) < 4.78 is 0.656. The number of benzene rings is 1. The number of carbonyl (C=O) groups excluding carboxylic acids is 1. The summed E-state index contributed by atoms with van der Waals surface area (Å²) in [5.41, 5.74) is 5.73. The van der Waals surface area contributed by atoms with Crippen LogP contribution in [0.1, 0.15) is 5.56 Å². The quantitative estimate of drug-likeness (QED) is 0.415. The summed E-state index contributed by atoms with van der Waals surface area (Å²) in [6.45, 7) is 1.41. The lowest BCUT2D eigenvalue weighted by Gasteiger charge is -2.06. The zero-order chi connectivity index (χ0) is 13.5. The lowest BCUT2D eigenvalue weighted by Crippen LogP contribution is -2.35. The maximum atomic E-state index is 10.7. The van der Waals surface area contributed by atoms with Crippen molar-refractivity contribution in [2.75, 3.05) is 13.1 Å². The van der Waals surface area contributed by atoms with E-state index in [1.165, 1.54) is 12.1 Å². The normalized spacial score (nSPS) is 10.1. The molecule has 0 atom stereocenters. The molecule has 0 aliphatic rings. The molecule has 0 fully saturated rings. The van der Waals surface area contributed by atoms with E-state index in [-0.39, 0.29) is 5.69 Å².